The van der Waals surface area contributed by atoms with Gasteiger partial charge in [0, 0.05) is 16.6 Å². The second-order valence-electron chi connectivity index (χ2n) is 8.20. The Labute approximate surface area is 218 Å². The molecule has 0 saturated carbocycles. The number of nitrogens with zero attached hydrogens (tertiary/aromatic N) is 2. The van der Waals surface area contributed by atoms with Gasteiger partial charge in [0.25, 0.3) is 10.0 Å². The Hall–Kier alpha value is -3.29. The van der Waals surface area contributed by atoms with E-state index in [2.05, 4.69) is 32.2 Å². The summed E-state index contributed by atoms with van der Waals surface area (Å²) < 4.78 is 37.8. The van der Waals surface area contributed by atoms with Crippen molar-refractivity contribution in [2.24, 2.45) is 5.92 Å². The van der Waals surface area contributed by atoms with Crippen molar-refractivity contribution >= 4 is 61.2 Å². The third-order valence-electron chi connectivity index (χ3n) is 5.64. The molecule has 13 heteroatoms. The van der Waals surface area contributed by atoms with Gasteiger partial charge in [0.05, 0.1) is 24.7 Å². The molecule has 2 heterocycles. The molecule has 1 aliphatic carbocycles. The Balaban J connectivity index is 1.45. The number of thiophene rings is 1. The molecule has 4 rings (SSSR count). The number of rotatable bonds is 7. The standard InChI is InChI=1S/C23H25N5O5S3/c1-13-4-9-16-17(10-13)35-21(20(16)22(29)33-3)27-23(34)26-14-5-7-15(8-6-14)36(30,31)28-18-11-19(32-2)25-12-24-18/h5-8,11-13H,4,9-10H2,1-3H3,(H,24,25,28)(H2,26,27,34). The van der Waals surface area contributed by atoms with Crippen LogP contribution in [0.4, 0.5) is 16.5 Å². The molecule has 0 fully saturated rings. The van der Waals surface area contributed by atoms with Crippen LogP contribution in [0, 0.1) is 5.92 Å². The number of benzene rings is 1. The number of aromatic nitrogens is 2. The van der Waals surface area contributed by atoms with Gasteiger partial charge >= 0.3 is 5.97 Å². The second kappa shape index (κ2) is 10.8. The molecule has 10 nitrogen and oxygen atoms in total. The minimum absolute atomic E-state index is 0.0394. The van der Waals surface area contributed by atoms with Crippen LogP contribution in [0.2, 0.25) is 0 Å². The second-order valence-corrected chi connectivity index (χ2v) is 11.4. The average molecular weight is 548 g/mol. The Kier molecular flexibility index (Phi) is 7.71. The average Bonchev–Trinajstić information content (AvgIpc) is 3.20. The summed E-state index contributed by atoms with van der Waals surface area (Å²) in [5.74, 6) is 0.486. The summed E-state index contributed by atoms with van der Waals surface area (Å²) in [5.41, 5.74) is 2.13. The first-order valence-electron chi connectivity index (χ1n) is 11.0. The van der Waals surface area contributed by atoms with Crippen molar-refractivity contribution in [3.05, 3.63) is 52.7 Å². The van der Waals surface area contributed by atoms with Crippen LogP contribution in [0.1, 0.15) is 34.1 Å². The third-order valence-corrected chi connectivity index (χ3v) is 8.39. The van der Waals surface area contributed by atoms with Gasteiger partial charge in [0.1, 0.15) is 17.1 Å². The van der Waals surface area contributed by atoms with Gasteiger partial charge in [0.2, 0.25) is 5.88 Å². The summed E-state index contributed by atoms with van der Waals surface area (Å²) in [6, 6.07) is 7.44. The molecular weight excluding hydrogens is 522 g/mol. The fourth-order valence-electron chi connectivity index (χ4n) is 3.84. The van der Waals surface area contributed by atoms with Crippen molar-refractivity contribution in [2.45, 2.75) is 31.1 Å². The Morgan fingerprint density at radius 2 is 1.92 bits per heavy atom. The predicted octanol–water partition coefficient (Wildman–Crippen LogP) is 4.07. The molecule has 0 bridgehead atoms. The van der Waals surface area contributed by atoms with Crippen molar-refractivity contribution in [2.75, 3.05) is 29.6 Å². The number of ether oxygens (including phenoxy) is 2. The van der Waals surface area contributed by atoms with E-state index in [1.165, 1.54) is 55.0 Å². The molecular formula is C23H25N5O5S3. The number of thiocarbonyl (C=S) groups is 1. The highest BCUT2D eigenvalue weighted by Crippen LogP contribution is 2.40. The lowest BCUT2D eigenvalue weighted by molar-refractivity contribution is 0.0600. The van der Waals surface area contributed by atoms with E-state index in [1.807, 2.05) is 0 Å². The largest absolute Gasteiger partial charge is 0.481 e. The minimum Gasteiger partial charge on any atom is -0.481 e. The first kappa shape index (κ1) is 25.8. The molecule has 0 aliphatic heterocycles. The number of carbonyl (C=O) groups excluding carboxylic acids is 1. The van der Waals surface area contributed by atoms with Crippen LogP contribution in [-0.4, -0.2) is 43.7 Å². The zero-order valence-corrected chi connectivity index (χ0v) is 22.3. The molecule has 0 saturated heterocycles. The lowest BCUT2D eigenvalue weighted by atomic mass is 9.88. The number of fused-ring (bicyclic) bond motifs is 1. The third kappa shape index (κ3) is 5.74. The van der Waals surface area contributed by atoms with Crippen LogP contribution in [0.5, 0.6) is 5.88 Å². The van der Waals surface area contributed by atoms with E-state index < -0.39 is 16.0 Å². The molecule has 190 valence electrons. The van der Waals surface area contributed by atoms with E-state index in [0.717, 1.165) is 24.8 Å². The number of sulfonamides is 1. The van der Waals surface area contributed by atoms with Crippen LogP contribution >= 0.6 is 23.6 Å². The van der Waals surface area contributed by atoms with Crippen LogP contribution in [0.25, 0.3) is 0 Å². The molecule has 1 aromatic carbocycles. The van der Waals surface area contributed by atoms with Crippen molar-refractivity contribution in [3.63, 3.8) is 0 Å². The molecule has 36 heavy (non-hydrogen) atoms. The number of esters is 1. The van der Waals surface area contributed by atoms with Gasteiger partial charge in [-0.15, -0.1) is 11.3 Å². The maximum absolute atomic E-state index is 12.7. The molecule has 1 atom stereocenters. The normalized spacial score (nSPS) is 14.9. The zero-order chi connectivity index (χ0) is 25.9. The number of nitrogens with one attached hydrogen (secondary N) is 3. The Morgan fingerprint density at radius 3 is 2.61 bits per heavy atom. The SMILES string of the molecule is COC(=O)c1c(NC(=S)Nc2ccc(S(=O)(=O)Nc3cc(OC)ncn3)cc2)sc2c1CCC(C)C2. The van der Waals surface area contributed by atoms with Gasteiger partial charge in [-0.05, 0) is 67.2 Å². The van der Waals surface area contributed by atoms with Crippen molar-refractivity contribution in [3.8, 4) is 5.88 Å². The lowest BCUT2D eigenvalue weighted by Crippen LogP contribution is -2.20. The Bertz CT molecular complexity index is 1390. The first-order chi connectivity index (χ1) is 17.2. The fraction of sp³-hybridized carbons (Fsp3) is 0.304. The molecule has 1 aliphatic rings. The number of anilines is 3. The minimum atomic E-state index is -3.88. The van der Waals surface area contributed by atoms with E-state index >= 15 is 0 Å². The molecule has 3 N–H and O–H groups in total. The molecule has 2 aromatic heterocycles. The molecule has 1 unspecified atom stereocenters. The van der Waals surface area contributed by atoms with E-state index in [9.17, 15) is 13.2 Å². The van der Waals surface area contributed by atoms with Gasteiger partial charge in [0.15, 0.2) is 5.11 Å². The van der Waals surface area contributed by atoms with E-state index in [1.54, 1.807) is 12.1 Å². The monoisotopic (exact) mass is 547 g/mol. The van der Waals surface area contributed by atoms with Crippen molar-refractivity contribution < 1.29 is 22.7 Å². The fourth-order valence-corrected chi connectivity index (χ4v) is 6.53. The maximum atomic E-state index is 12.7. The van der Waals surface area contributed by atoms with E-state index in [4.69, 9.17) is 21.7 Å². The summed E-state index contributed by atoms with van der Waals surface area (Å²) in [6.07, 6.45) is 3.96. The topological polar surface area (TPSA) is 132 Å². The number of methoxy groups -OCH3 is 2. The highest BCUT2D eigenvalue weighted by atomic mass is 32.2. The number of carbonyl (C=O) groups is 1. The highest BCUT2D eigenvalue weighted by molar-refractivity contribution is 7.92. The smallest absolute Gasteiger partial charge is 0.341 e. The summed E-state index contributed by atoms with van der Waals surface area (Å²) in [6.45, 7) is 2.20. The summed E-state index contributed by atoms with van der Waals surface area (Å²) in [4.78, 5) is 21.4. The highest BCUT2D eigenvalue weighted by Gasteiger charge is 2.28. The summed E-state index contributed by atoms with van der Waals surface area (Å²) in [7, 11) is -1.09. The number of hydrogen-bond acceptors (Lipinski definition) is 9. The van der Waals surface area contributed by atoms with Gasteiger partial charge in [-0.25, -0.2) is 23.2 Å². The molecule has 0 amide bonds. The van der Waals surface area contributed by atoms with Crippen molar-refractivity contribution in [1.82, 2.24) is 9.97 Å². The van der Waals surface area contributed by atoms with Crippen molar-refractivity contribution in [1.29, 1.82) is 0 Å². The van der Waals surface area contributed by atoms with Gasteiger partial charge < -0.3 is 20.1 Å². The maximum Gasteiger partial charge on any atom is 0.341 e. The van der Waals surface area contributed by atoms with Gasteiger partial charge in [-0.2, -0.15) is 0 Å². The molecule has 0 radical (unpaired) electrons. The first-order valence-corrected chi connectivity index (χ1v) is 13.7. The molecule has 3 aromatic rings. The number of hydrogen-bond donors (Lipinski definition) is 3. The Morgan fingerprint density at radius 1 is 1.17 bits per heavy atom. The van der Waals surface area contributed by atoms with Crippen LogP contribution in [-0.2, 0) is 27.6 Å². The molecule has 0 spiro atoms. The predicted molar refractivity (Wildman–Crippen MR) is 143 cm³/mol. The van der Waals surface area contributed by atoms with Crippen LogP contribution in [0.3, 0.4) is 0 Å². The summed E-state index contributed by atoms with van der Waals surface area (Å²) in [5, 5.41) is 7.06. The van der Waals surface area contributed by atoms with E-state index in [0.29, 0.717) is 22.2 Å². The van der Waals surface area contributed by atoms with Crippen LogP contribution in [0.15, 0.2) is 41.6 Å². The zero-order valence-electron chi connectivity index (χ0n) is 19.8. The summed E-state index contributed by atoms with van der Waals surface area (Å²) >= 11 is 6.97. The van der Waals surface area contributed by atoms with Gasteiger partial charge in [-0.3, -0.25) is 4.72 Å². The van der Waals surface area contributed by atoms with Gasteiger partial charge in [-0.1, -0.05) is 6.92 Å². The van der Waals surface area contributed by atoms with E-state index in [-0.39, 0.29) is 21.7 Å². The lowest BCUT2D eigenvalue weighted by Gasteiger charge is -2.18. The quantitative estimate of drug-likeness (QED) is 0.294. The van der Waals surface area contributed by atoms with Crippen LogP contribution < -0.4 is 20.1 Å².